The molecule has 1 aliphatic heterocycles. The molecule has 1 fully saturated rings. The molecule has 1 saturated heterocycles. The monoisotopic (exact) mass is 270 g/mol. The lowest BCUT2D eigenvalue weighted by molar-refractivity contribution is -0.0174. The molecule has 6 nitrogen and oxygen atoms in total. The lowest BCUT2D eigenvalue weighted by Gasteiger charge is -2.30. The van der Waals surface area contributed by atoms with Gasteiger partial charge in [-0.2, -0.15) is 0 Å². The summed E-state index contributed by atoms with van der Waals surface area (Å²) in [5.41, 5.74) is 6.25. The Kier molecular flexibility index (Phi) is 4.15. The molecule has 1 amide bonds. The minimum Gasteiger partial charge on any atom is -0.375 e. The number of ether oxygens (including phenoxy) is 1. The van der Waals surface area contributed by atoms with Crippen LogP contribution >= 0.6 is 11.3 Å². The van der Waals surface area contributed by atoms with E-state index >= 15 is 0 Å². The number of nitrogens with one attached hydrogen (secondary N) is 1. The quantitative estimate of drug-likeness (QED) is 0.814. The van der Waals surface area contributed by atoms with Gasteiger partial charge in [0, 0.05) is 19.6 Å². The van der Waals surface area contributed by atoms with Crippen LogP contribution in [0.1, 0.15) is 15.4 Å². The van der Waals surface area contributed by atoms with Crippen molar-refractivity contribution in [1.29, 1.82) is 0 Å². The highest BCUT2D eigenvalue weighted by Crippen LogP contribution is 2.19. The smallest absolute Gasteiger partial charge is 0.263 e. The molecule has 2 heterocycles. The maximum atomic E-state index is 11.9. The van der Waals surface area contributed by atoms with E-state index in [1.807, 2.05) is 7.05 Å². The largest absolute Gasteiger partial charge is 0.375 e. The molecule has 0 saturated carbocycles. The van der Waals surface area contributed by atoms with Crippen molar-refractivity contribution in [3.05, 3.63) is 10.6 Å². The first-order chi connectivity index (χ1) is 8.56. The highest BCUT2D eigenvalue weighted by molar-refractivity contribution is 7.17. The average Bonchev–Trinajstić information content (AvgIpc) is 2.66. The number of nitrogens with two attached hydrogens (primary N) is 1. The summed E-state index contributed by atoms with van der Waals surface area (Å²) in [6.07, 6.45) is 0.0540. The van der Waals surface area contributed by atoms with Gasteiger partial charge in [0.25, 0.3) is 5.91 Å². The van der Waals surface area contributed by atoms with Crippen LogP contribution in [0, 0.1) is 6.92 Å². The van der Waals surface area contributed by atoms with Gasteiger partial charge in [-0.3, -0.25) is 4.79 Å². The van der Waals surface area contributed by atoms with Gasteiger partial charge in [-0.1, -0.05) is 11.3 Å². The highest BCUT2D eigenvalue weighted by Gasteiger charge is 2.20. The van der Waals surface area contributed by atoms with E-state index in [-0.39, 0.29) is 12.0 Å². The zero-order valence-corrected chi connectivity index (χ0v) is 11.4. The fraction of sp³-hybridized carbons (Fsp3) is 0.636. The van der Waals surface area contributed by atoms with Crippen molar-refractivity contribution in [1.82, 2.24) is 15.2 Å². The summed E-state index contributed by atoms with van der Waals surface area (Å²) < 4.78 is 5.58. The molecule has 18 heavy (non-hydrogen) atoms. The zero-order valence-electron chi connectivity index (χ0n) is 10.6. The maximum absolute atomic E-state index is 11.9. The van der Waals surface area contributed by atoms with E-state index in [2.05, 4.69) is 15.2 Å². The number of anilines is 1. The maximum Gasteiger partial charge on any atom is 0.263 e. The molecule has 1 unspecified atom stereocenters. The SMILES string of the molecule is Cc1nc(N)sc1C(=O)NCC1CN(C)CCO1. The van der Waals surface area contributed by atoms with Crippen LogP contribution < -0.4 is 11.1 Å². The second-order valence-corrected chi connectivity index (χ2v) is 5.46. The summed E-state index contributed by atoms with van der Waals surface area (Å²) >= 11 is 1.21. The van der Waals surface area contributed by atoms with Gasteiger partial charge in [0.1, 0.15) is 4.88 Å². The van der Waals surface area contributed by atoms with Gasteiger partial charge in [0.15, 0.2) is 5.13 Å². The Bertz CT molecular complexity index is 435. The fourth-order valence-corrected chi connectivity index (χ4v) is 2.66. The van der Waals surface area contributed by atoms with Crippen molar-refractivity contribution >= 4 is 22.4 Å². The Morgan fingerprint density at radius 2 is 2.50 bits per heavy atom. The van der Waals surface area contributed by atoms with E-state index < -0.39 is 0 Å². The van der Waals surface area contributed by atoms with Crippen LogP contribution in [0.5, 0.6) is 0 Å². The van der Waals surface area contributed by atoms with Gasteiger partial charge < -0.3 is 20.7 Å². The summed E-state index contributed by atoms with van der Waals surface area (Å²) in [6.45, 7) is 4.79. The van der Waals surface area contributed by atoms with Crippen molar-refractivity contribution in [3.63, 3.8) is 0 Å². The Hall–Kier alpha value is -1.18. The first kappa shape index (κ1) is 13.3. The van der Waals surface area contributed by atoms with E-state index in [0.29, 0.717) is 28.9 Å². The first-order valence-corrected chi connectivity index (χ1v) is 6.69. The highest BCUT2D eigenvalue weighted by atomic mass is 32.1. The summed E-state index contributed by atoms with van der Waals surface area (Å²) in [5.74, 6) is -0.126. The lowest BCUT2D eigenvalue weighted by atomic mass is 10.2. The van der Waals surface area contributed by atoms with E-state index in [9.17, 15) is 4.79 Å². The summed E-state index contributed by atoms with van der Waals surface area (Å²) in [5, 5.41) is 3.29. The number of amides is 1. The second-order valence-electron chi connectivity index (χ2n) is 4.43. The summed E-state index contributed by atoms with van der Waals surface area (Å²) in [7, 11) is 2.05. The third kappa shape index (κ3) is 3.18. The number of carbonyl (C=O) groups excluding carboxylic acids is 1. The van der Waals surface area contributed by atoms with E-state index in [1.165, 1.54) is 11.3 Å². The topological polar surface area (TPSA) is 80.5 Å². The number of morpholine rings is 1. The van der Waals surface area contributed by atoms with Gasteiger partial charge in [-0.15, -0.1) is 0 Å². The van der Waals surface area contributed by atoms with Crippen LogP contribution in [0.3, 0.4) is 0 Å². The molecule has 0 aromatic carbocycles. The number of nitrogen functional groups attached to an aromatic ring is 1. The molecule has 0 aliphatic carbocycles. The third-order valence-electron chi connectivity index (χ3n) is 2.85. The van der Waals surface area contributed by atoms with Crippen LogP contribution in [0.25, 0.3) is 0 Å². The average molecular weight is 270 g/mol. The van der Waals surface area contributed by atoms with Crippen molar-refractivity contribution < 1.29 is 9.53 Å². The standard InChI is InChI=1S/C11H18N4O2S/c1-7-9(18-11(12)14-7)10(16)13-5-8-6-15(2)3-4-17-8/h8H,3-6H2,1-2H3,(H2,12,14)(H,13,16). The first-order valence-electron chi connectivity index (χ1n) is 5.87. The van der Waals surface area contributed by atoms with Crippen molar-refractivity contribution in [2.75, 3.05) is 39.0 Å². The normalized spacial score (nSPS) is 20.9. The number of thiazole rings is 1. The van der Waals surface area contributed by atoms with Crippen LogP contribution in [-0.4, -0.2) is 55.2 Å². The molecule has 1 atom stereocenters. The van der Waals surface area contributed by atoms with E-state index in [0.717, 1.165) is 13.1 Å². The number of rotatable bonds is 3. The molecule has 1 aromatic heterocycles. The molecule has 1 aliphatic rings. The van der Waals surface area contributed by atoms with Crippen molar-refractivity contribution in [3.8, 4) is 0 Å². The van der Waals surface area contributed by atoms with Crippen LogP contribution in [0.15, 0.2) is 0 Å². The van der Waals surface area contributed by atoms with Gasteiger partial charge in [0.2, 0.25) is 0 Å². The number of hydrogen-bond acceptors (Lipinski definition) is 6. The zero-order chi connectivity index (χ0) is 13.1. The van der Waals surface area contributed by atoms with Gasteiger partial charge in [0.05, 0.1) is 18.4 Å². The number of carbonyl (C=O) groups is 1. The van der Waals surface area contributed by atoms with E-state index in [4.69, 9.17) is 10.5 Å². The molecular weight excluding hydrogens is 252 g/mol. The third-order valence-corrected chi connectivity index (χ3v) is 3.84. The lowest BCUT2D eigenvalue weighted by Crippen LogP contribution is -2.45. The molecule has 2 rings (SSSR count). The molecule has 0 radical (unpaired) electrons. The Morgan fingerprint density at radius 1 is 1.72 bits per heavy atom. The predicted molar refractivity (Wildman–Crippen MR) is 70.8 cm³/mol. The van der Waals surface area contributed by atoms with E-state index in [1.54, 1.807) is 6.92 Å². The van der Waals surface area contributed by atoms with Gasteiger partial charge in [-0.05, 0) is 14.0 Å². The van der Waals surface area contributed by atoms with Crippen LogP contribution in [-0.2, 0) is 4.74 Å². The molecular formula is C11H18N4O2S. The minimum absolute atomic E-state index is 0.0540. The molecule has 1 aromatic rings. The van der Waals surface area contributed by atoms with Crippen LogP contribution in [0.4, 0.5) is 5.13 Å². The molecule has 3 N–H and O–H groups in total. The summed E-state index contributed by atoms with van der Waals surface area (Å²) in [6, 6.07) is 0. The Labute approximate surface area is 110 Å². The number of nitrogens with zero attached hydrogens (tertiary/aromatic N) is 2. The Morgan fingerprint density at radius 3 is 3.11 bits per heavy atom. The number of aromatic nitrogens is 1. The van der Waals surface area contributed by atoms with Gasteiger partial charge in [-0.25, -0.2) is 4.98 Å². The molecule has 7 heteroatoms. The molecule has 0 spiro atoms. The summed E-state index contributed by atoms with van der Waals surface area (Å²) in [4.78, 5) is 18.7. The van der Waals surface area contributed by atoms with Gasteiger partial charge >= 0.3 is 0 Å². The molecule has 100 valence electrons. The fourth-order valence-electron chi connectivity index (χ4n) is 1.91. The second kappa shape index (κ2) is 5.64. The van der Waals surface area contributed by atoms with Crippen molar-refractivity contribution in [2.45, 2.75) is 13.0 Å². The number of aryl methyl sites for hydroxylation is 1. The van der Waals surface area contributed by atoms with Crippen molar-refractivity contribution in [2.24, 2.45) is 0 Å². The number of likely N-dealkylation sites (N-methyl/N-ethyl adjacent to an activating group) is 1. The minimum atomic E-state index is -0.126. The predicted octanol–water partition coefficient (Wildman–Crippen LogP) is 0.0941. The Balaban J connectivity index is 1.86. The van der Waals surface area contributed by atoms with Crippen LogP contribution in [0.2, 0.25) is 0 Å². The number of hydrogen-bond donors (Lipinski definition) is 2. The molecule has 0 bridgehead atoms.